The predicted molar refractivity (Wildman–Crippen MR) is 104 cm³/mol. The van der Waals surface area contributed by atoms with Crippen molar-refractivity contribution in [3.8, 4) is 0 Å². The van der Waals surface area contributed by atoms with Crippen LogP contribution < -0.4 is 10.2 Å². The van der Waals surface area contributed by atoms with E-state index in [0.29, 0.717) is 5.69 Å². The third-order valence-electron chi connectivity index (χ3n) is 4.10. The lowest BCUT2D eigenvalue weighted by molar-refractivity contribution is -0.117. The van der Waals surface area contributed by atoms with Gasteiger partial charge in [0.2, 0.25) is 0 Å². The molecule has 1 aliphatic heterocycles. The molecule has 1 aromatic rings. The molecule has 2 rings (SSSR count). The molecule has 0 aliphatic carbocycles. The minimum Gasteiger partial charge on any atom is -0.273 e. The van der Waals surface area contributed by atoms with Crippen LogP contribution in [0.2, 0.25) is 0 Å². The highest BCUT2D eigenvalue weighted by Gasteiger charge is 2.38. The summed E-state index contributed by atoms with van der Waals surface area (Å²) in [6.45, 7) is 6.13. The van der Waals surface area contributed by atoms with E-state index < -0.39 is 28.3 Å². The van der Waals surface area contributed by atoms with Crippen molar-refractivity contribution in [2.24, 2.45) is 0 Å². The molecule has 5 nitrogen and oxygen atoms in total. The number of aryl methyl sites for hydroxylation is 1. The lowest BCUT2D eigenvalue weighted by atomic mass is 10.2. The number of hydrogen-bond acceptors (Lipinski definition) is 3. The van der Waals surface area contributed by atoms with E-state index in [1.807, 2.05) is 19.1 Å². The Hall–Kier alpha value is -1.95. The molecule has 4 amide bonds. The standard InChI is InChI=1S/C19H26N2O3S/c1-4-6-12-25(13-7-5-2)16-17(22)20-19(24)21(18(16)23)15-10-8-14(3)9-11-15/h8-11H,4-7,12-13H2,1-3H3,(H,20,22,24). The second-order valence-corrected chi connectivity index (χ2v) is 8.38. The van der Waals surface area contributed by atoms with Gasteiger partial charge in [0.05, 0.1) is 5.69 Å². The first-order valence-corrected chi connectivity index (χ1v) is 10.4. The number of benzene rings is 1. The molecule has 1 aliphatic rings. The second kappa shape index (κ2) is 8.94. The lowest BCUT2D eigenvalue weighted by Crippen LogP contribution is -2.59. The van der Waals surface area contributed by atoms with Crippen LogP contribution in [-0.2, 0) is 9.59 Å². The average Bonchev–Trinajstić information content (AvgIpc) is 2.58. The van der Waals surface area contributed by atoms with Gasteiger partial charge in [-0.2, -0.15) is 10.5 Å². The van der Waals surface area contributed by atoms with Crippen LogP contribution in [0.5, 0.6) is 0 Å². The van der Waals surface area contributed by atoms with Gasteiger partial charge < -0.3 is 0 Å². The van der Waals surface area contributed by atoms with Gasteiger partial charge >= 0.3 is 6.03 Å². The Balaban J connectivity index is 2.43. The zero-order valence-corrected chi connectivity index (χ0v) is 15.9. The predicted octanol–water partition coefficient (Wildman–Crippen LogP) is 3.62. The van der Waals surface area contributed by atoms with E-state index in [9.17, 15) is 14.4 Å². The summed E-state index contributed by atoms with van der Waals surface area (Å²) in [5.74, 6) is 0.656. The molecular weight excluding hydrogens is 336 g/mol. The molecule has 6 heteroatoms. The first-order valence-electron chi connectivity index (χ1n) is 8.80. The third kappa shape index (κ3) is 4.57. The van der Waals surface area contributed by atoms with Crippen LogP contribution in [0.15, 0.2) is 24.3 Å². The molecular formula is C19H26N2O3S. The van der Waals surface area contributed by atoms with Crippen molar-refractivity contribution in [2.75, 3.05) is 16.4 Å². The van der Waals surface area contributed by atoms with Gasteiger partial charge in [0.25, 0.3) is 11.8 Å². The number of rotatable bonds is 7. The van der Waals surface area contributed by atoms with Crippen molar-refractivity contribution in [1.29, 1.82) is 0 Å². The Kier molecular flexibility index (Phi) is 6.93. The van der Waals surface area contributed by atoms with Gasteiger partial charge in [0.15, 0.2) is 0 Å². The van der Waals surface area contributed by atoms with Gasteiger partial charge in [0.1, 0.15) is 4.86 Å². The molecule has 1 aromatic carbocycles. The van der Waals surface area contributed by atoms with E-state index in [-0.39, 0.29) is 4.86 Å². The number of unbranched alkanes of at least 4 members (excludes halogenated alkanes) is 2. The summed E-state index contributed by atoms with van der Waals surface area (Å²) in [6, 6.07) is 6.49. The van der Waals surface area contributed by atoms with Gasteiger partial charge in [-0.3, -0.25) is 14.9 Å². The first-order chi connectivity index (χ1) is 12.0. The zero-order valence-electron chi connectivity index (χ0n) is 15.1. The molecule has 0 bridgehead atoms. The maximum absolute atomic E-state index is 13.0. The first kappa shape index (κ1) is 19.4. The van der Waals surface area contributed by atoms with Crippen molar-refractivity contribution < 1.29 is 14.4 Å². The molecule has 0 spiro atoms. The number of barbiturate groups is 1. The van der Waals surface area contributed by atoms with E-state index >= 15 is 0 Å². The summed E-state index contributed by atoms with van der Waals surface area (Å²) >= 11 is 0. The summed E-state index contributed by atoms with van der Waals surface area (Å²) in [6.07, 6.45) is 3.96. The number of carbonyl (C=O) groups excluding carboxylic acids is 3. The number of imide groups is 2. The Labute approximate surface area is 151 Å². The Morgan fingerprint density at radius 1 is 0.960 bits per heavy atom. The monoisotopic (exact) mass is 362 g/mol. The van der Waals surface area contributed by atoms with Crippen molar-refractivity contribution >= 4 is 38.9 Å². The molecule has 0 unspecified atom stereocenters. The third-order valence-corrected chi connectivity index (χ3v) is 6.60. The van der Waals surface area contributed by atoms with Crippen molar-refractivity contribution in [2.45, 2.75) is 46.5 Å². The second-order valence-electron chi connectivity index (χ2n) is 6.17. The fraction of sp³-hybridized carbons (Fsp3) is 0.474. The fourth-order valence-corrected chi connectivity index (χ4v) is 5.17. The molecule has 1 fully saturated rings. The summed E-state index contributed by atoms with van der Waals surface area (Å²) in [5.41, 5.74) is 1.53. The smallest absolute Gasteiger partial charge is 0.273 e. The van der Waals surface area contributed by atoms with Crippen LogP contribution in [0.25, 0.3) is 0 Å². The average molecular weight is 362 g/mol. The van der Waals surface area contributed by atoms with E-state index in [0.717, 1.165) is 47.7 Å². The number of amides is 4. The Morgan fingerprint density at radius 3 is 2.04 bits per heavy atom. The molecule has 0 aromatic heterocycles. The Bertz CT molecular complexity index is 685. The normalized spacial score (nSPS) is 15.1. The molecule has 0 saturated carbocycles. The van der Waals surface area contributed by atoms with Crippen molar-refractivity contribution in [3.05, 3.63) is 29.8 Å². The van der Waals surface area contributed by atoms with Crippen LogP contribution in [0.4, 0.5) is 10.5 Å². The van der Waals surface area contributed by atoms with Gasteiger partial charge in [-0.05, 0) is 43.4 Å². The van der Waals surface area contributed by atoms with Gasteiger partial charge in [-0.15, -0.1) is 0 Å². The van der Waals surface area contributed by atoms with Crippen LogP contribution >= 0.6 is 10.5 Å². The van der Waals surface area contributed by atoms with Crippen LogP contribution in [0.1, 0.15) is 45.1 Å². The van der Waals surface area contributed by atoms with E-state index in [1.54, 1.807) is 12.1 Å². The molecule has 1 N–H and O–H groups in total. The van der Waals surface area contributed by atoms with Crippen LogP contribution in [0.3, 0.4) is 0 Å². The molecule has 1 saturated heterocycles. The quantitative estimate of drug-likeness (QED) is 0.753. The molecule has 25 heavy (non-hydrogen) atoms. The summed E-state index contributed by atoms with van der Waals surface area (Å²) < 4.78 is 0. The summed E-state index contributed by atoms with van der Waals surface area (Å²) in [4.78, 5) is 39.0. The molecule has 0 atom stereocenters. The number of hydrogen-bond donors (Lipinski definition) is 1. The zero-order chi connectivity index (χ0) is 18.4. The minimum atomic E-state index is -0.669. The lowest BCUT2D eigenvalue weighted by Gasteiger charge is -2.28. The molecule has 1 heterocycles. The van der Waals surface area contributed by atoms with Crippen molar-refractivity contribution in [1.82, 2.24) is 5.32 Å². The van der Waals surface area contributed by atoms with E-state index in [1.165, 1.54) is 0 Å². The van der Waals surface area contributed by atoms with Gasteiger partial charge in [0, 0.05) is 0 Å². The van der Waals surface area contributed by atoms with Crippen molar-refractivity contribution in [3.63, 3.8) is 0 Å². The largest absolute Gasteiger partial charge is 0.335 e. The highest BCUT2D eigenvalue weighted by atomic mass is 32.2. The van der Waals surface area contributed by atoms with Gasteiger partial charge in [-0.1, -0.05) is 44.4 Å². The number of carbonyl (C=O) groups is 3. The minimum absolute atomic E-state index is 0.252. The van der Waals surface area contributed by atoms with Crippen LogP contribution in [-0.4, -0.2) is 34.2 Å². The topological polar surface area (TPSA) is 66.5 Å². The SMILES string of the molecule is CCCCS(CCCC)=C1C(=O)NC(=O)N(c2ccc(C)cc2)C1=O. The van der Waals surface area contributed by atoms with Gasteiger partial charge in [-0.25, -0.2) is 9.69 Å². The fourth-order valence-electron chi connectivity index (χ4n) is 2.63. The van der Waals surface area contributed by atoms with Crippen LogP contribution in [0, 0.1) is 6.92 Å². The number of urea groups is 1. The maximum atomic E-state index is 13.0. The number of nitrogens with zero attached hydrogens (tertiary/aromatic N) is 1. The number of anilines is 1. The maximum Gasteiger partial charge on any atom is 0.335 e. The highest BCUT2D eigenvalue weighted by Crippen LogP contribution is 2.25. The molecule has 136 valence electrons. The van der Waals surface area contributed by atoms with E-state index in [2.05, 4.69) is 19.2 Å². The molecule has 0 radical (unpaired) electrons. The number of nitrogens with one attached hydrogen (secondary N) is 1. The highest BCUT2D eigenvalue weighted by molar-refractivity contribution is 8.18. The Morgan fingerprint density at radius 2 is 1.52 bits per heavy atom. The summed E-state index contributed by atoms with van der Waals surface area (Å²) in [7, 11) is -0.423. The summed E-state index contributed by atoms with van der Waals surface area (Å²) in [5, 5.41) is 2.35. The van der Waals surface area contributed by atoms with E-state index in [4.69, 9.17) is 0 Å².